The Morgan fingerprint density at radius 2 is 2.08 bits per heavy atom. The third-order valence-electron chi connectivity index (χ3n) is 1.17. The van der Waals surface area contributed by atoms with Crippen molar-refractivity contribution in [2.75, 3.05) is 0 Å². The van der Waals surface area contributed by atoms with Crippen LogP contribution in [0.1, 0.15) is 10.4 Å². The van der Waals surface area contributed by atoms with Gasteiger partial charge in [-0.2, -0.15) is 0 Å². The first-order valence-electron chi connectivity index (χ1n) is 2.97. The van der Waals surface area contributed by atoms with E-state index < -0.39 is 11.0 Å². The van der Waals surface area contributed by atoms with Crippen LogP contribution in [0, 0.1) is 0 Å². The van der Waals surface area contributed by atoms with Gasteiger partial charge in [0.25, 0.3) is 5.24 Å². The van der Waals surface area contributed by atoms with Gasteiger partial charge < -0.3 is 0 Å². The quantitative estimate of drug-likeness (QED) is 0.318. The van der Waals surface area contributed by atoms with Gasteiger partial charge in [-0.05, 0) is 23.7 Å². The van der Waals surface area contributed by atoms with Crippen LogP contribution in [0.15, 0.2) is 18.3 Å². The van der Waals surface area contributed by atoms with Gasteiger partial charge in [-0.1, -0.05) is 11.6 Å². The van der Waals surface area contributed by atoms with Crippen LogP contribution in [0.3, 0.4) is 0 Å². The third kappa shape index (κ3) is 2.03. The summed E-state index contributed by atoms with van der Waals surface area (Å²) >= 11 is 10.4. The maximum absolute atomic E-state index is 10.9. The summed E-state index contributed by atoms with van der Waals surface area (Å²) in [5.74, 6) is -0.777. The van der Waals surface area contributed by atoms with Crippen LogP contribution in [-0.4, -0.2) is 16.0 Å². The summed E-state index contributed by atoms with van der Waals surface area (Å²) in [6, 6.07) is 2.65. The number of Topliss-reactive ketones (excluding diaryl/α,β-unsaturated/α-hetero) is 1. The average molecular weight is 204 g/mol. The van der Waals surface area contributed by atoms with E-state index in [9.17, 15) is 9.59 Å². The minimum atomic E-state index is -1.03. The standard InChI is InChI=1S/C7H3Cl2NO2/c8-5-3-4(1-2-10-5)6(11)7(9)12/h1-3H. The molecule has 0 spiro atoms. The van der Waals surface area contributed by atoms with Gasteiger partial charge in [0.2, 0.25) is 5.78 Å². The molecule has 0 saturated carbocycles. The van der Waals surface area contributed by atoms with Gasteiger partial charge in [0.1, 0.15) is 5.15 Å². The highest BCUT2D eigenvalue weighted by atomic mass is 35.5. The fraction of sp³-hybridized carbons (Fsp3) is 0. The van der Waals surface area contributed by atoms with Gasteiger partial charge in [0.15, 0.2) is 0 Å². The summed E-state index contributed by atoms with van der Waals surface area (Å²) in [5, 5.41) is -0.879. The first-order valence-corrected chi connectivity index (χ1v) is 3.72. The van der Waals surface area contributed by atoms with E-state index in [0.717, 1.165) is 0 Å². The molecular formula is C7H3Cl2NO2. The topological polar surface area (TPSA) is 47.0 Å². The van der Waals surface area contributed by atoms with Crippen molar-refractivity contribution in [3.63, 3.8) is 0 Å². The Morgan fingerprint density at radius 1 is 1.42 bits per heavy atom. The molecule has 0 amide bonds. The highest BCUT2D eigenvalue weighted by Crippen LogP contribution is 2.08. The molecule has 0 aliphatic rings. The van der Waals surface area contributed by atoms with Crippen LogP contribution in [0.25, 0.3) is 0 Å². The van der Waals surface area contributed by atoms with E-state index in [1.807, 2.05) is 0 Å². The molecule has 0 aromatic carbocycles. The molecule has 0 fully saturated rings. The lowest BCUT2D eigenvalue weighted by Gasteiger charge is -1.94. The molecule has 0 radical (unpaired) electrons. The molecule has 0 saturated heterocycles. The molecule has 1 aromatic rings. The number of hydrogen-bond acceptors (Lipinski definition) is 3. The Hall–Kier alpha value is -0.930. The van der Waals surface area contributed by atoms with Gasteiger partial charge in [0, 0.05) is 11.8 Å². The second kappa shape index (κ2) is 3.65. The summed E-state index contributed by atoms with van der Waals surface area (Å²) in [6.07, 6.45) is 1.33. The summed E-state index contributed by atoms with van der Waals surface area (Å²) < 4.78 is 0. The number of ketones is 1. The molecule has 3 nitrogen and oxygen atoms in total. The van der Waals surface area contributed by atoms with Crippen molar-refractivity contribution >= 4 is 34.2 Å². The molecule has 12 heavy (non-hydrogen) atoms. The van der Waals surface area contributed by atoms with Gasteiger partial charge in [0.05, 0.1) is 0 Å². The van der Waals surface area contributed by atoms with E-state index in [2.05, 4.69) is 4.98 Å². The number of nitrogens with zero attached hydrogens (tertiary/aromatic N) is 1. The zero-order valence-corrected chi connectivity index (χ0v) is 7.26. The van der Waals surface area contributed by atoms with Crippen molar-refractivity contribution in [1.29, 1.82) is 0 Å². The van der Waals surface area contributed by atoms with Gasteiger partial charge in [-0.3, -0.25) is 9.59 Å². The second-order valence-corrected chi connectivity index (χ2v) is 2.70. The van der Waals surface area contributed by atoms with Gasteiger partial charge in [-0.25, -0.2) is 4.98 Å². The number of carbonyl (C=O) groups is 2. The average Bonchev–Trinajstić information content (AvgIpc) is 2.03. The number of carbonyl (C=O) groups excluding carboxylic acids is 2. The molecule has 0 N–H and O–H groups in total. The Balaban J connectivity index is 3.04. The Kier molecular flexibility index (Phi) is 2.78. The van der Waals surface area contributed by atoms with E-state index in [1.165, 1.54) is 18.3 Å². The van der Waals surface area contributed by atoms with Crippen LogP contribution >= 0.6 is 23.2 Å². The molecular weight excluding hydrogens is 201 g/mol. The third-order valence-corrected chi connectivity index (χ3v) is 1.55. The molecule has 0 unspecified atom stereocenters. The Labute approximate surface area is 78.3 Å². The predicted molar refractivity (Wildman–Crippen MR) is 44.4 cm³/mol. The smallest absolute Gasteiger partial charge is 0.284 e. The van der Waals surface area contributed by atoms with E-state index >= 15 is 0 Å². The van der Waals surface area contributed by atoms with Crippen molar-refractivity contribution in [3.05, 3.63) is 29.0 Å². The van der Waals surface area contributed by atoms with Crippen LogP contribution in [0.2, 0.25) is 5.15 Å². The van der Waals surface area contributed by atoms with Crippen molar-refractivity contribution < 1.29 is 9.59 Å². The summed E-state index contributed by atoms with van der Waals surface area (Å²) in [6.45, 7) is 0. The highest BCUT2D eigenvalue weighted by Gasteiger charge is 2.13. The molecule has 1 rings (SSSR count). The molecule has 1 heterocycles. The number of halogens is 2. The first kappa shape index (κ1) is 9.16. The molecule has 0 aliphatic carbocycles. The van der Waals surface area contributed by atoms with Crippen molar-refractivity contribution in [1.82, 2.24) is 4.98 Å². The van der Waals surface area contributed by atoms with E-state index in [0.29, 0.717) is 0 Å². The fourth-order valence-corrected chi connectivity index (χ4v) is 0.940. The van der Waals surface area contributed by atoms with Crippen molar-refractivity contribution in [2.45, 2.75) is 0 Å². The largest absolute Gasteiger partial charge is 0.293 e. The van der Waals surface area contributed by atoms with Crippen LogP contribution in [0.4, 0.5) is 0 Å². The summed E-state index contributed by atoms with van der Waals surface area (Å²) in [7, 11) is 0. The number of hydrogen-bond donors (Lipinski definition) is 0. The highest BCUT2D eigenvalue weighted by molar-refractivity contribution is 6.83. The maximum Gasteiger partial charge on any atom is 0.293 e. The molecule has 1 aromatic heterocycles. The summed E-state index contributed by atoms with van der Waals surface area (Å²) in [4.78, 5) is 25.0. The van der Waals surface area contributed by atoms with Crippen LogP contribution in [0.5, 0.6) is 0 Å². The normalized spacial score (nSPS) is 9.50. The lowest BCUT2D eigenvalue weighted by Crippen LogP contribution is -2.07. The zero-order chi connectivity index (χ0) is 9.14. The number of aromatic nitrogens is 1. The van der Waals surface area contributed by atoms with E-state index in [4.69, 9.17) is 23.2 Å². The number of rotatable bonds is 2. The lowest BCUT2D eigenvalue weighted by atomic mass is 10.2. The Bertz CT molecular complexity index is 338. The monoisotopic (exact) mass is 203 g/mol. The van der Waals surface area contributed by atoms with Gasteiger partial charge >= 0.3 is 0 Å². The van der Waals surface area contributed by atoms with E-state index in [-0.39, 0.29) is 10.7 Å². The molecule has 62 valence electrons. The predicted octanol–water partition coefficient (Wildman–Crippen LogP) is 1.68. The Morgan fingerprint density at radius 3 is 2.58 bits per heavy atom. The fourth-order valence-electron chi connectivity index (χ4n) is 0.657. The number of pyridine rings is 1. The van der Waals surface area contributed by atoms with Gasteiger partial charge in [-0.15, -0.1) is 0 Å². The maximum atomic E-state index is 10.9. The minimum Gasteiger partial charge on any atom is -0.284 e. The second-order valence-electron chi connectivity index (χ2n) is 1.97. The van der Waals surface area contributed by atoms with Crippen LogP contribution < -0.4 is 0 Å². The molecule has 5 heteroatoms. The molecule has 0 bridgehead atoms. The minimum absolute atomic E-state index is 0.148. The van der Waals surface area contributed by atoms with Crippen LogP contribution in [-0.2, 0) is 4.79 Å². The first-order chi connectivity index (χ1) is 5.61. The van der Waals surface area contributed by atoms with E-state index in [1.54, 1.807) is 0 Å². The van der Waals surface area contributed by atoms with Crippen molar-refractivity contribution in [3.8, 4) is 0 Å². The molecule has 0 aliphatic heterocycles. The van der Waals surface area contributed by atoms with Crippen molar-refractivity contribution in [2.24, 2.45) is 0 Å². The zero-order valence-electron chi connectivity index (χ0n) is 5.75. The summed E-state index contributed by atoms with van der Waals surface area (Å²) in [5.41, 5.74) is 0.148. The molecule has 0 atom stereocenters. The SMILES string of the molecule is O=C(Cl)C(=O)c1ccnc(Cl)c1. The lowest BCUT2D eigenvalue weighted by molar-refractivity contribution is -0.108.